The summed E-state index contributed by atoms with van der Waals surface area (Å²) in [4.78, 5) is 0. The van der Waals surface area contributed by atoms with Crippen LogP contribution in [0, 0.1) is 0 Å². The van der Waals surface area contributed by atoms with Gasteiger partial charge < -0.3 is 5.21 Å². The van der Waals surface area contributed by atoms with Crippen LogP contribution in [0.3, 0.4) is 0 Å². The Kier molecular flexibility index (Phi) is 2.49. The molecule has 88 valence electrons. The fourth-order valence-electron chi connectivity index (χ4n) is 2.28. The molecule has 0 aliphatic carbocycles. The van der Waals surface area contributed by atoms with Crippen LogP contribution in [0.2, 0.25) is 0 Å². The number of fused-ring (bicyclic) bond motifs is 3. The van der Waals surface area contributed by atoms with Crippen molar-refractivity contribution in [2.75, 3.05) is 0 Å². The SMILES string of the molecule is C/C(=N/O)c1ccc2ccc3ccccc3c2c1. The molecule has 1 N–H and O–H groups in total. The first-order valence-electron chi connectivity index (χ1n) is 5.90. The maximum Gasteiger partial charge on any atom is 0.0837 e. The molecule has 0 unspecified atom stereocenters. The van der Waals surface area contributed by atoms with Gasteiger partial charge >= 0.3 is 0 Å². The topological polar surface area (TPSA) is 32.6 Å². The van der Waals surface area contributed by atoms with Gasteiger partial charge in [0, 0.05) is 0 Å². The molecule has 0 heterocycles. The second-order valence-electron chi connectivity index (χ2n) is 4.41. The van der Waals surface area contributed by atoms with E-state index in [1.165, 1.54) is 21.5 Å². The van der Waals surface area contributed by atoms with Gasteiger partial charge in [0.05, 0.1) is 5.71 Å². The van der Waals surface area contributed by atoms with Gasteiger partial charge in [0.25, 0.3) is 0 Å². The fourth-order valence-corrected chi connectivity index (χ4v) is 2.28. The van der Waals surface area contributed by atoms with Crippen molar-refractivity contribution < 1.29 is 5.21 Å². The average molecular weight is 235 g/mol. The Hall–Kier alpha value is -2.35. The molecule has 0 fully saturated rings. The monoisotopic (exact) mass is 235 g/mol. The minimum absolute atomic E-state index is 0.629. The van der Waals surface area contributed by atoms with Crippen LogP contribution >= 0.6 is 0 Å². The Bertz CT molecular complexity index is 759. The lowest BCUT2D eigenvalue weighted by Gasteiger charge is -2.06. The molecule has 0 aromatic heterocycles. The van der Waals surface area contributed by atoms with E-state index < -0.39 is 0 Å². The van der Waals surface area contributed by atoms with E-state index in [0.717, 1.165) is 5.56 Å². The van der Waals surface area contributed by atoms with Gasteiger partial charge in [-0.1, -0.05) is 53.7 Å². The van der Waals surface area contributed by atoms with E-state index in [1.807, 2.05) is 18.2 Å². The zero-order chi connectivity index (χ0) is 12.5. The van der Waals surface area contributed by atoms with Crippen molar-refractivity contribution in [2.24, 2.45) is 5.16 Å². The highest BCUT2D eigenvalue weighted by Crippen LogP contribution is 2.26. The Morgan fingerprint density at radius 2 is 1.56 bits per heavy atom. The normalized spacial score (nSPS) is 12.2. The highest BCUT2D eigenvalue weighted by Gasteiger charge is 2.03. The highest BCUT2D eigenvalue weighted by atomic mass is 16.4. The Morgan fingerprint density at radius 1 is 0.889 bits per heavy atom. The lowest BCUT2D eigenvalue weighted by atomic mass is 9.99. The van der Waals surface area contributed by atoms with E-state index in [9.17, 15) is 0 Å². The van der Waals surface area contributed by atoms with Crippen LogP contribution in [0.4, 0.5) is 0 Å². The average Bonchev–Trinajstić information content (AvgIpc) is 2.45. The van der Waals surface area contributed by atoms with Gasteiger partial charge in [0.15, 0.2) is 0 Å². The molecule has 3 rings (SSSR count). The molecule has 0 saturated carbocycles. The summed E-state index contributed by atoms with van der Waals surface area (Å²) in [5, 5.41) is 17.0. The summed E-state index contributed by atoms with van der Waals surface area (Å²) in [6.45, 7) is 1.80. The molecular formula is C16H13NO. The Morgan fingerprint density at radius 3 is 2.33 bits per heavy atom. The number of hydrogen-bond acceptors (Lipinski definition) is 2. The van der Waals surface area contributed by atoms with Crippen molar-refractivity contribution >= 4 is 27.3 Å². The number of nitrogens with zero attached hydrogens (tertiary/aromatic N) is 1. The standard InChI is InChI=1S/C16H13NO/c1-11(17-18)14-9-8-13-7-6-12-4-2-3-5-15(12)16(13)10-14/h2-10,18H,1H3/b17-11-. The molecule has 0 atom stereocenters. The lowest BCUT2D eigenvalue weighted by Crippen LogP contribution is -1.93. The van der Waals surface area contributed by atoms with Gasteiger partial charge in [-0.3, -0.25) is 0 Å². The van der Waals surface area contributed by atoms with Crippen molar-refractivity contribution in [1.29, 1.82) is 0 Å². The molecule has 3 aromatic rings. The molecule has 18 heavy (non-hydrogen) atoms. The Balaban J connectivity index is 2.40. The van der Waals surface area contributed by atoms with Gasteiger partial charge in [-0.15, -0.1) is 0 Å². The summed E-state index contributed by atoms with van der Waals surface area (Å²) >= 11 is 0. The zero-order valence-electron chi connectivity index (χ0n) is 10.1. The van der Waals surface area contributed by atoms with E-state index in [4.69, 9.17) is 5.21 Å². The third-order valence-electron chi connectivity index (χ3n) is 3.31. The maximum atomic E-state index is 8.86. The predicted octanol–water partition coefficient (Wildman–Crippen LogP) is 4.19. The van der Waals surface area contributed by atoms with Crippen LogP contribution in [0.5, 0.6) is 0 Å². The van der Waals surface area contributed by atoms with E-state index >= 15 is 0 Å². The first kappa shape index (κ1) is 10.8. The highest BCUT2D eigenvalue weighted by molar-refractivity contribution is 6.10. The van der Waals surface area contributed by atoms with Gasteiger partial charge in [0.2, 0.25) is 0 Å². The molecule has 0 spiro atoms. The van der Waals surface area contributed by atoms with Gasteiger partial charge in [-0.25, -0.2) is 0 Å². The van der Waals surface area contributed by atoms with Crippen LogP contribution in [0.1, 0.15) is 12.5 Å². The van der Waals surface area contributed by atoms with Crippen LogP contribution in [-0.4, -0.2) is 10.9 Å². The molecule has 3 aromatic carbocycles. The van der Waals surface area contributed by atoms with E-state index in [1.54, 1.807) is 6.92 Å². The molecule has 0 aliphatic rings. The van der Waals surface area contributed by atoms with E-state index in [0.29, 0.717) is 5.71 Å². The third kappa shape index (κ3) is 1.63. The smallest absolute Gasteiger partial charge is 0.0837 e. The minimum atomic E-state index is 0.629. The van der Waals surface area contributed by atoms with Crippen LogP contribution < -0.4 is 0 Å². The van der Waals surface area contributed by atoms with Crippen molar-refractivity contribution in [2.45, 2.75) is 6.92 Å². The van der Waals surface area contributed by atoms with Gasteiger partial charge in [-0.05, 0) is 40.1 Å². The van der Waals surface area contributed by atoms with E-state index in [2.05, 4.69) is 41.6 Å². The van der Waals surface area contributed by atoms with Gasteiger partial charge in [0.1, 0.15) is 0 Å². The molecule has 0 aliphatic heterocycles. The Labute approximate surface area is 105 Å². The second-order valence-corrected chi connectivity index (χ2v) is 4.41. The van der Waals surface area contributed by atoms with E-state index in [-0.39, 0.29) is 0 Å². The van der Waals surface area contributed by atoms with Gasteiger partial charge in [-0.2, -0.15) is 0 Å². The molecular weight excluding hydrogens is 222 g/mol. The largest absolute Gasteiger partial charge is 0.411 e. The minimum Gasteiger partial charge on any atom is -0.411 e. The molecule has 0 saturated heterocycles. The third-order valence-corrected chi connectivity index (χ3v) is 3.31. The summed E-state index contributed by atoms with van der Waals surface area (Å²) in [6.07, 6.45) is 0. The van der Waals surface area contributed by atoms with Crippen molar-refractivity contribution in [3.63, 3.8) is 0 Å². The second kappa shape index (κ2) is 4.15. The molecule has 0 bridgehead atoms. The zero-order valence-corrected chi connectivity index (χ0v) is 10.1. The number of oxime groups is 1. The summed E-state index contributed by atoms with van der Waals surface area (Å²) in [6, 6.07) is 18.7. The molecule has 2 heteroatoms. The molecule has 0 amide bonds. The van der Waals surface area contributed by atoms with Crippen LogP contribution in [-0.2, 0) is 0 Å². The summed E-state index contributed by atoms with van der Waals surface area (Å²) in [5.74, 6) is 0. The lowest BCUT2D eigenvalue weighted by molar-refractivity contribution is 0.319. The first-order chi connectivity index (χ1) is 8.79. The quantitative estimate of drug-likeness (QED) is 0.291. The number of rotatable bonds is 1. The van der Waals surface area contributed by atoms with Crippen molar-refractivity contribution in [3.8, 4) is 0 Å². The number of hydrogen-bond donors (Lipinski definition) is 1. The maximum absolute atomic E-state index is 8.86. The molecule has 2 nitrogen and oxygen atoms in total. The fraction of sp³-hybridized carbons (Fsp3) is 0.0625. The number of benzene rings is 3. The van der Waals surface area contributed by atoms with Crippen molar-refractivity contribution in [3.05, 3.63) is 60.2 Å². The van der Waals surface area contributed by atoms with Crippen molar-refractivity contribution in [1.82, 2.24) is 0 Å². The first-order valence-corrected chi connectivity index (χ1v) is 5.90. The van der Waals surface area contributed by atoms with Crippen LogP contribution in [0.15, 0.2) is 59.8 Å². The predicted molar refractivity (Wildman–Crippen MR) is 75.5 cm³/mol. The summed E-state index contributed by atoms with van der Waals surface area (Å²) in [7, 11) is 0. The van der Waals surface area contributed by atoms with Crippen LogP contribution in [0.25, 0.3) is 21.5 Å². The molecule has 0 radical (unpaired) electrons. The summed E-state index contributed by atoms with van der Waals surface area (Å²) in [5.41, 5.74) is 1.58. The summed E-state index contributed by atoms with van der Waals surface area (Å²) < 4.78 is 0.